The number of carbonyl (C=O) groups excluding carboxylic acids is 1. The van der Waals surface area contributed by atoms with Gasteiger partial charge in [0.1, 0.15) is 5.71 Å². The number of hydrazone groups is 1. The van der Waals surface area contributed by atoms with Gasteiger partial charge in [-0.25, -0.2) is 12.8 Å². The average Bonchev–Trinajstić information content (AvgIpc) is 3.19. The van der Waals surface area contributed by atoms with E-state index in [1.165, 1.54) is 30.4 Å². The maximum atomic E-state index is 12.5. The highest BCUT2D eigenvalue weighted by atomic mass is 35.5. The molecule has 0 aliphatic carbocycles. The van der Waals surface area contributed by atoms with Crippen LogP contribution in [0.4, 0.5) is 5.69 Å². The van der Waals surface area contributed by atoms with Crippen molar-refractivity contribution in [3.63, 3.8) is 0 Å². The van der Waals surface area contributed by atoms with Gasteiger partial charge in [0.15, 0.2) is 0 Å². The molecule has 1 aromatic carbocycles. The molecule has 0 radical (unpaired) electrons. The standard InChI is InChI=1S/C15H15ClN4O3S2/c1-19-18-14(9-24-19)15(21)17-12-6-7-20(8-12)25(22,23)10-11-4-2-3-5-13(11)16/h2-8H,9-10H2,1H3,(H,17,21). The second-order valence-electron chi connectivity index (χ2n) is 5.32. The molecule has 1 aliphatic rings. The molecule has 2 heterocycles. The molecule has 0 saturated heterocycles. The number of halogens is 1. The predicted octanol–water partition coefficient (Wildman–Crippen LogP) is 2.41. The topological polar surface area (TPSA) is 83.8 Å². The van der Waals surface area contributed by atoms with Crippen LogP contribution in [0.2, 0.25) is 5.02 Å². The van der Waals surface area contributed by atoms with Gasteiger partial charge in [-0.15, -0.1) is 0 Å². The quantitative estimate of drug-likeness (QED) is 0.782. The Morgan fingerprint density at radius 3 is 2.80 bits per heavy atom. The molecular formula is C15H15ClN4O3S2. The SMILES string of the molecule is CN1N=C(C(=O)Nc2ccn(S(=O)(=O)Cc3ccccc3Cl)c2)CS1. The van der Waals surface area contributed by atoms with Gasteiger partial charge in [0.2, 0.25) is 10.0 Å². The molecule has 0 saturated carbocycles. The second-order valence-corrected chi connectivity index (χ2v) is 8.67. The molecule has 1 aliphatic heterocycles. The van der Waals surface area contributed by atoms with Crippen LogP contribution in [0.15, 0.2) is 47.8 Å². The van der Waals surface area contributed by atoms with Gasteiger partial charge >= 0.3 is 0 Å². The van der Waals surface area contributed by atoms with Gasteiger partial charge in [0, 0.05) is 24.5 Å². The molecule has 3 rings (SSSR count). The molecule has 25 heavy (non-hydrogen) atoms. The number of hydrogen-bond acceptors (Lipinski definition) is 6. The lowest BCUT2D eigenvalue weighted by Gasteiger charge is -2.07. The van der Waals surface area contributed by atoms with E-state index in [2.05, 4.69) is 10.4 Å². The molecule has 0 atom stereocenters. The van der Waals surface area contributed by atoms with Gasteiger partial charge in [0.05, 0.1) is 17.2 Å². The van der Waals surface area contributed by atoms with Gasteiger partial charge in [-0.1, -0.05) is 29.8 Å². The normalized spacial score (nSPS) is 14.5. The summed E-state index contributed by atoms with van der Waals surface area (Å²) >= 11 is 7.44. The van der Waals surface area contributed by atoms with Crippen molar-refractivity contribution in [3.05, 3.63) is 53.3 Å². The lowest BCUT2D eigenvalue weighted by molar-refractivity contribution is -0.110. The monoisotopic (exact) mass is 398 g/mol. The van der Waals surface area contributed by atoms with E-state index in [0.717, 1.165) is 3.97 Å². The van der Waals surface area contributed by atoms with Gasteiger partial charge in [-0.2, -0.15) is 5.10 Å². The first-order chi connectivity index (χ1) is 11.8. The van der Waals surface area contributed by atoms with E-state index in [0.29, 0.717) is 27.7 Å². The summed E-state index contributed by atoms with van der Waals surface area (Å²) < 4.78 is 27.7. The Balaban J connectivity index is 1.73. The molecular weight excluding hydrogens is 384 g/mol. The molecule has 0 fully saturated rings. The van der Waals surface area contributed by atoms with Crippen molar-refractivity contribution < 1.29 is 13.2 Å². The van der Waals surface area contributed by atoms with Crippen LogP contribution in [0.25, 0.3) is 0 Å². The Bertz CT molecular complexity index is 940. The zero-order valence-corrected chi connectivity index (χ0v) is 15.6. The minimum absolute atomic E-state index is 0.233. The summed E-state index contributed by atoms with van der Waals surface area (Å²) in [5.74, 6) is -0.102. The smallest absolute Gasteiger partial charge is 0.272 e. The van der Waals surface area contributed by atoms with E-state index in [-0.39, 0.29) is 11.7 Å². The van der Waals surface area contributed by atoms with E-state index in [1.807, 2.05) is 0 Å². The van der Waals surface area contributed by atoms with Crippen LogP contribution < -0.4 is 5.32 Å². The van der Waals surface area contributed by atoms with Crippen LogP contribution in [0.5, 0.6) is 0 Å². The summed E-state index contributed by atoms with van der Waals surface area (Å²) in [6, 6.07) is 8.30. The number of anilines is 1. The highest BCUT2D eigenvalue weighted by molar-refractivity contribution is 7.98. The molecule has 2 aromatic rings. The van der Waals surface area contributed by atoms with E-state index in [4.69, 9.17) is 11.6 Å². The summed E-state index contributed by atoms with van der Waals surface area (Å²) in [4.78, 5) is 12.1. The highest BCUT2D eigenvalue weighted by Crippen LogP contribution is 2.21. The van der Waals surface area contributed by atoms with Crippen molar-refractivity contribution in [2.24, 2.45) is 5.10 Å². The number of aromatic nitrogens is 1. The first-order valence-corrected chi connectivity index (χ1v) is 10.2. The Labute approximate surface area is 154 Å². The van der Waals surface area contributed by atoms with Crippen LogP contribution in [-0.2, 0) is 20.6 Å². The molecule has 10 heteroatoms. The Hall–Kier alpha value is -1.97. The largest absolute Gasteiger partial charge is 0.319 e. The number of nitrogens with zero attached hydrogens (tertiary/aromatic N) is 3. The van der Waals surface area contributed by atoms with E-state index < -0.39 is 10.0 Å². The lowest BCUT2D eigenvalue weighted by atomic mass is 10.2. The molecule has 0 bridgehead atoms. The number of nitrogens with one attached hydrogen (secondary N) is 1. The van der Waals surface area contributed by atoms with E-state index in [9.17, 15) is 13.2 Å². The van der Waals surface area contributed by atoms with Crippen LogP contribution in [0, 0.1) is 0 Å². The molecule has 0 spiro atoms. The predicted molar refractivity (Wildman–Crippen MR) is 100 cm³/mol. The Morgan fingerprint density at radius 2 is 2.12 bits per heavy atom. The number of amides is 1. The lowest BCUT2D eigenvalue weighted by Crippen LogP contribution is -2.23. The van der Waals surface area contributed by atoms with E-state index in [1.54, 1.807) is 35.7 Å². The zero-order chi connectivity index (χ0) is 18.0. The molecule has 132 valence electrons. The third kappa shape index (κ3) is 4.17. The van der Waals surface area contributed by atoms with Crippen molar-refractivity contribution >= 4 is 50.9 Å². The summed E-state index contributed by atoms with van der Waals surface area (Å²) in [6.07, 6.45) is 2.75. The summed E-state index contributed by atoms with van der Waals surface area (Å²) in [7, 11) is -1.89. The summed E-state index contributed by atoms with van der Waals surface area (Å²) in [5, 5.41) is 7.11. The molecule has 1 aromatic heterocycles. The second kappa shape index (κ2) is 7.11. The molecule has 1 amide bonds. The number of benzene rings is 1. The maximum Gasteiger partial charge on any atom is 0.272 e. The minimum atomic E-state index is -3.64. The van der Waals surface area contributed by atoms with Crippen molar-refractivity contribution in [2.75, 3.05) is 18.1 Å². The fourth-order valence-electron chi connectivity index (χ4n) is 2.21. The minimum Gasteiger partial charge on any atom is -0.319 e. The number of rotatable bonds is 5. The van der Waals surface area contributed by atoms with Crippen LogP contribution >= 0.6 is 23.5 Å². The molecule has 0 unspecified atom stereocenters. The van der Waals surface area contributed by atoms with Crippen molar-refractivity contribution in [1.29, 1.82) is 0 Å². The maximum absolute atomic E-state index is 12.5. The molecule has 1 N–H and O–H groups in total. The van der Waals surface area contributed by atoms with Crippen LogP contribution in [-0.4, -0.2) is 41.2 Å². The average molecular weight is 399 g/mol. The first kappa shape index (κ1) is 17.8. The third-order valence-corrected chi connectivity index (χ3v) is 6.23. The third-order valence-electron chi connectivity index (χ3n) is 3.45. The summed E-state index contributed by atoms with van der Waals surface area (Å²) in [5.41, 5.74) is 1.29. The van der Waals surface area contributed by atoms with Gasteiger partial charge in [0.25, 0.3) is 5.91 Å². The van der Waals surface area contributed by atoms with Crippen molar-refractivity contribution in [2.45, 2.75) is 5.75 Å². The van der Waals surface area contributed by atoms with Crippen LogP contribution in [0.3, 0.4) is 0 Å². The van der Waals surface area contributed by atoms with Crippen LogP contribution in [0.1, 0.15) is 5.56 Å². The zero-order valence-electron chi connectivity index (χ0n) is 13.2. The fourth-order valence-corrected chi connectivity index (χ4v) is 4.46. The number of hydrogen-bond donors (Lipinski definition) is 1. The summed E-state index contributed by atoms with van der Waals surface area (Å²) in [6.45, 7) is 0. The van der Waals surface area contributed by atoms with E-state index >= 15 is 0 Å². The highest BCUT2D eigenvalue weighted by Gasteiger charge is 2.21. The first-order valence-electron chi connectivity index (χ1n) is 7.25. The Kier molecular flexibility index (Phi) is 5.07. The number of carbonyl (C=O) groups is 1. The van der Waals surface area contributed by atoms with Gasteiger partial charge < -0.3 is 5.32 Å². The van der Waals surface area contributed by atoms with Crippen molar-refractivity contribution in [3.8, 4) is 0 Å². The van der Waals surface area contributed by atoms with Gasteiger partial charge in [-0.05, 0) is 29.6 Å². The van der Waals surface area contributed by atoms with Crippen molar-refractivity contribution in [1.82, 2.24) is 8.39 Å². The fraction of sp³-hybridized carbons (Fsp3) is 0.200. The van der Waals surface area contributed by atoms with Gasteiger partial charge in [-0.3, -0.25) is 8.77 Å². The Morgan fingerprint density at radius 1 is 1.36 bits per heavy atom. The molecule has 7 nitrogen and oxygen atoms in total.